The Morgan fingerprint density at radius 3 is 2.46 bits per heavy atom. The SMILES string of the molecule is O=C(CCCCl)NCCC(F)(F)F. The van der Waals surface area contributed by atoms with Gasteiger partial charge in [0.2, 0.25) is 5.91 Å². The van der Waals surface area contributed by atoms with E-state index in [9.17, 15) is 18.0 Å². The van der Waals surface area contributed by atoms with Crippen molar-refractivity contribution >= 4 is 17.5 Å². The van der Waals surface area contributed by atoms with Crippen LogP contribution < -0.4 is 5.32 Å². The molecule has 0 heterocycles. The Morgan fingerprint density at radius 2 is 2.00 bits per heavy atom. The highest BCUT2D eigenvalue weighted by Gasteiger charge is 2.26. The molecule has 0 aromatic carbocycles. The number of rotatable bonds is 5. The Labute approximate surface area is 79.4 Å². The summed E-state index contributed by atoms with van der Waals surface area (Å²) in [6.07, 6.45) is -4.53. The van der Waals surface area contributed by atoms with Crippen LogP contribution in [0.15, 0.2) is 0 Å². The summed E-state index contributed by atoms with van der Waals surface area (Å²) in [5, 5.41) is 2.16. The molecule has 0 aromatic heterocycles. The summed E-state index contributed by atoms with van der Waals surface area (Å²) in [6.45, 7) is -0.357. The zero-order valence-electron chi connectivity index (χ0n) is 6.96. The van der Waals surface area contributed by atoms with Crippen molar-refractivity contribution in [3.8, 4) is 0 Å². The molecule has 0 rings (SSSR count). The molecule has 1 amide bonds. The van der Waals surface area contributed by atoms with Crippen molar-refractivity contribution in [2.24, 2.45) is 0 Å². The topological polar surface area (TPSA) is 29.1 Å². The fourth-order valence-electron chi connectivity index (χ4n) is 0.659. The van der Waals surface area contributed by atoms with E-state index < -0.39 is 12.6 Å². The third-order valence-electron chi connectivity index (χ3n) is 1.27. The second-order valence-electron chi connectivity index (χ2n) is 2.51. The van der Waals surface area contributed by atoms with Gasteiger partial charge in [0.25, 0.3) is 0 Å². The molecule has 0 spiro atoms. The average Bonchev–Trinajstić information content (AvgIpc) is 1.98. The molecule has 0 aliphatic heterocycles. The van der Waals surface area contributed by atoms with E-state index in [-0.39, 0.29) is 18.9 Å². The van der Waals surface area contributed by atoms with Crippen molar-refractivity contribution < 1.29 is 18.0 Å². The molecule has 0 aromatic rings. The van der Waals surface area contributed by atoms with Crippen LogP contribution in [0.5, 0.6) is 0 Å². The van der Waals surface area contributed by atoms with Crippen LogP contribution in [-0.4, -0.2) is 24.5 Å². The first-order valence-corrected chi connectivity index (χ1v) is 4.38. The van der Waals surface area contributed by atoms with E-state index in [4.69, 9.17) is 11.6 Å². The Hall–Kier alpha value is -0.450. The molecule has 78 valence electrons. The van der Waals surface area contributed by atoms with Crippen LogP contribution in [0, 0.1) is 0 Å². The van der Waals surface area contributed by atoms with Gasteiger partial charge in [-0.3, -0.25) is 4.79 Å². The largest absolute Gasteiger partial charge is 0.390 e. The van der Waals surface area contributed by atoms with Crippen molar-refractivity contribution in [2.75, 3.05) is 12.4 Å². The van der Waals surface area contributed by atoms with E-state index in [0.29, 0.717) is 12.3 Å². The molecular formula is C7H11ClF3NO. The second kappa shape index (κ2) is 6.07. The van der Waals surface area contributed by atoms with E-state index in [0.717, 1.165) is 0 Å². The summed E-state index contributed by atoms with van der Waals surface area (Å²) in [6, 6.07) is 0. The van der Waals surface area contributed by atoms with E-state index in [1.165, 1.54) is 0 Å². The highest BCUT2D eigenvalue weighted by Crippen LogP contribution is 2.18. The Kier molecular flexibility index (Phi) is 5.86. The third kappa shape index (κ3) is 9.46. The summed E-state index contributed by atoms with van der Waals surface area (Å²) in [5.41, 5.74) is 0. The fourth-order valence-corrected chi connectivity index (χ4v) is 0.793. The average molecular weight is 218 g/mol. The molecule has 0 radical (unpaired) electrons. The predicted octanol–water partition coefficient (Wildman–Crippen LogP) is 2.07. The maximum absolute atomic E-state index is 11.6. The highest BCUT2D eigenvalue weighted by molar-refractivity contribution is 6.17. The summed E-state index contributed by atoms with van der Waals surface area (Å²) < 4.78 is 34.8. The van der Waals surface area contributed by atoms with Gasteiger partial charge in [0, 0.05) is 18.8 Å². The number of nitrogens with one attached hydrogen (secondary N) is 1. The van der Waals surface area contributed by atoms with Gasteiger partial charge in [0.1, 0.15) is 0 Å². The van der Waals surface area contributed by atoms with Crippen LogP contribution in [0.3, 0.4) is 0 Å². The lowest BCUT2D eigenvalue weighted by Gasteiger charge is -2.06. The maximum atomic E-state index is 11.6. The first-order valence-electron chi connectivity index (χ1n) is 3.85. The molecule has 0 unspecified atom stereocenters. The van der Waals surface area contributed by atoms with Crippen LogP contribution in [0.4, 0.5) is 13.2 Å². The van der Waals surface area contributed by atoms with Crippen molar-refractivity contribution in [3.63, 3.8) is 0 Å². The molecule has 0 saturated heterocycles. The van der Waals surface area contributed by atoms with Gasteiger partial charge in [-0.15, -0.1) is 11.6 Å². The van der Waals surface area contributed by atoms with E-state index >= 15 is 0 Å². The first-order chi connectivity index (χ1) is 5.95. The van der Waals surface area contributed by atoms with Crippen molar-refractivity contribution in [1.29, 1.82) is 0 Å². The molecule has 13 heavy (non-hydrogen) atoms. The van der Waals surface area contributed by atoms with Gasteiger partial charge in [0.05, 0.1) is 6.42 Å². The number of hydrogen-bond acceptors (Lipinski definition) is 1. The van der Waals surface area contributed by atoms with E-state index in [1.807, 2.05) is 0 Å². The summed E-state index contributed by atoms with van der Waals surface area (Å²) in [4.78, 5) is 10.8. The number of alkyl halides is 4. The summed E-state index contributed by atoms with van der Waals surface area (Å²) in [5.74, 6) is -0.0444. The van der Waals surface area contributed by atoms with Crippen molar-refractivity contribution in [2.45, 2.75) is 25.4 Å². The highest BCUT2D eigenvalue weighted by atomic mass is 35.5. The Balaban J connectivity index is 3.37. The third-order valence-corrected chi connectivity index (χ3v) is 1.54. The fraction of sp³-hybridized carbons (Fsp3) is 0.857. The molecule has 0 aliphatic rings. The van der Waals surface area contributed by atoms with Gasteiger partial charge in [-0.2, -0.15) is 13.2 Å². The van der Waals surface area contributed by atoms with Crippen LogP contribution in [0.1, 0.15) is 19.3 Å². The van der Waals surface area contributed by atoms with E-state index in [1.54, 1.807) is 0 Å². The lowest BCUT2D eigenvalue weighted by Crippen LogP contribution is -2.27. The molecule has 0 bridgehead atoms. The number of amides is 1. The lowest BCUT2D eigenvalue weighted by atomic mass is 10.3. The van der Waals surface area contributed by atoms with Gasteiger partial charge in [-0.25, -0.2) is 0 Å². The predicted molar refractivity (Wildman–Crippen MR) is 43.6 cm³/mol. The Morgan fingerprint density at radius 1 is 1.38 bits per heavy atom. The quantitative estimate of drug-likeness (QED) is 0.702. The standard InChI is InChI=1S/C7H11ClF3NO/c8-4-1-2-6(13)12-5-3-7(9,10)11/h1-5H2,(H,12,13). The Bertz CT molecular complexity index is 160. The number of carbonyl (C=O) groups is 1. The van der Waals surface area contributed by atoms with Crippen molar-refractivity contribution in [1.82, 2.24) is 5.32 Å². The van der Waals surface area contributed by atoms with Crippen molar-refractivity contribution in [3.05, 3.63) is 0 Å². The van der Waals surface area contributed by atoms with Crippen LogP contribution in [-0.2, 0) is 4.79 Å². The molecule has 2 nitrogen and oxygen atoms in total. The van der Waals surface area contributed by atoms with Crippen LogP contribution in [0.25, 0.3) is 0 Å². The van der Waals surface area contributed by atoms with Crippen LogP contribution in [0.2, 0.25) is 0 Å². The zero-order chi connectivity index (χ0) is 10.3. The molecule has 0 aliphatic carbocycles. The summed E-state index contributed by atoms with van der Waals surface area (Å²) in [7, 11) is 0. The smallest absolute Gasteiger partial charge is 0.356 e. The number of carbonyl (C=O) groups excluding carboxylic acids is 1. The molecule has 6 heteroatoms. The van der Waals surface area contributed by atoms with Gasteiger partial charge in [-0.1, -0.05) is 0 Å². The molecular weight excluding hydrogens is 207 g/mol. The normalized spacial score (nSPS) is 11.4. The van der Waals surface area contributed by atoms with Gasteiger partial charge < -0.3 is 5.32 Å². The second-order valence-corrected chi connectivity index (χ2v) is 2.89. The minimum absolute atomic E-state index is 0.182. The van der Waals surface area contributed by atoms with Crippen LogP contribution >= 0.6 is 11.6 Å². The van der Waals surface area contributed by atoms with Gasteiger partial charge in [0.15, 0.2) is 0 Å². The molecule has 0 saturated carbocycles. The minimum atomic E-state index is -4.21. The monoisotopic (exact) mass is 217 g/mol. The van der Waals surface area contributed by atoms with Gasteiger partial charge in [-0.05, 0) is 6.42 Å². The number of halogens is 4. The number of hydrogen-bond donors (Lipinski definition) is 1. The molecule has 0 atom stereocenters. The van der Waals surface area contributed by atoms with Gasteiger partial charge >= 0.3 is 6.18 Å². The van der Waals surface area contributed by atoms with E-state index in [2.05, 4.69) is 5.32 Å². The molecule has 1 N–H and O–H groups in total. The summed E-state index contributed by atoms with van der Waals surface area (Å²) >= 11 is 5.29. The zero-order valence-corrected chi connectivity index (χ0v) is 7.71. The first kappa shape index (κ1) is 12.6. The molecule has 0 fully saturated rings. The minimum Gasteiger partial charge on any atom is -0.356 e. The maximum Gasteiger partial charge on any atom is 0.390 e. The lowest BCUT2D eigenvalue weighted by molar-refractivity contribution is -0.135.